The molecule has 82 valence electrons. The molecular weight excluding hydrogens is 243 g/mol. The summed E-state index contributed by atoms with van der Waals surface area (Å²) < 4.78 is 0. The predicted octanol–water partition coefficient (Wildman–Crippen LogP) is 3.56. The van der Waals surface area contributed by atoms with Gasteiger partial charge in [0.1, 0.15) is 0 Å². The van der Waals surface area contributed by atoms with Crippen LogP contribution in [0, 0.1) is 0 Å². The van der Waals surface area contributed by atoms with Crippen molar-refractivity contribution in [1.82, 2.24) is 4.98 Å². The van der Waals surface area contributed by atoms with Crippen molar-refractivity contribution in [2.45, 2.75) is 6.42 Å². The summed E-state index contributed by atoms with van der Waals surface area (Å²) in [7, 11) is 0. The highest BCUT2D eigenvalue weighted by Crippen LogP contribution is 2.27. The Morgan fingerprint density at radius 3 is 2.44 bits per heavy atom. The summed E-state index contributed by atoms with van der Waals surface area (Å²) in [6, 6.07) is 7.21. The number of hydrogen-bond acceptors (Lipinski definition) is 2. The van der Waals surface area contributed by atoms with Gasteiger partial charge < -0.3 is 5.73 Å². The zero-order chi connectivity index (χ0) is 11.5. The third kappa shape index (κ3) is 2.29. The molecule has 1 aromatic carbocycles. The molecule has 0 atom stereocenters. The average Bonchev–Trinajstić information content (AvgIpc) is 2.26. The molecule has 0 amide bonds. The monoisotopic (exact) mass is 252 g/mol. The van der Waals surface area contributed by atoms with Crippen molar-refractivity contribution in [3.8, 4) is 0 Å². The van der Waals surface area contributed by atoms with Crippen LogP contribution in [0.5, 0.6) is 0 Å². The summed E-state index contributed by atoms with van der Waals surface area (Å²) in [5.74, 6) is 0. The highest BCUT2D eigenvalue weighted by atomic mass is 35.5. The van der Waals surface area contributed by atoms with Crippen molar-refractivity contribution in [2.75, 3.05) is 5.73 Å². The van der Waals surface area contributed by atoms with Gasteiger partial charge in [-0.15, -0.1) is 0 Å². The van der Waals surface area contributed by atoms with Crippen LogP contribution in [0.3, 0.4) is 0 Å². The van der Waals surface area contributed by atoms with Gasteiger partial charge in [-0.1, -0.05) is 29.3 Å². The molecule has 0 aliphatic heterocycles. The lowest BCUT2D eigenvalue weighted by molar-refractivity contribution is 1.15. The normalized spacial score (nSPS) is 10.4. The summed E-state index contributed by atoms with van der Waals surface area (Å²) in [5.41, 5.74) is 8.35. The molecule has 16 heavy (non-hydrogen) atoms. The van der Waals surface area contributed by atoms with Crippen LogP contribution in [0.15, 0.2) is 36.7 Å². The summed E-state index contributed by atoms with van der Waals surface area (Å²) in [6.45, 7) is 0. The topological polar surface area (TPSA) is 38.9 Å². The van der Waals surface area contributed by atoms with Crippen molar-refractivity contribution in [3.63, 3.8) is 0 Å². The molecule has 2 rings (SSSR count). The van der Waals surface area contributed by atoms with Crippen molar-refractivity contribution < 1.29 is 0 Å². The Kier molecular flexibility index (Phi) is 3.32. The summed E-state index contributed by atoms with van der Waals surface area (Å²) in [6.07, 6.45) is 3.99. The fourth-order valence-electron chi connectivity index (χ4n) is 1.48. The molecule has 2 aromatic rings. The summed E-state index contributed by atoms with van der Waals surface area (Å²) >= 11 is 12.2. The molecule has 0 fully saturated rings. The van der Waals surface area contributed by atoms with Gasteiger partial charge >= 0.3 is 0 Å². The van der Waals surface area contributed by atoms with Crippen LogP contribution in [0.1, 0.15) is 11.1 Å². The molecule has 2 N–H and O–H groups in total. The maximum atomic E-state index is 6.09. The minimum atomic E-state index is 0.595. The molecule has 2 nitrogen and oxygen atoms in total. The Balaban J connectivity index is 2.38. The molecule has 0 unspecified atom stereocenters. The number of nitrogens with zero attached hydrogens (tertiary/aromatic N) is 1. The summed E-state index contributed by atoms with van der Waals surface area (Å²) in [5, 5.41) is 1.30. The number of aromatic nitrogens is 1. The van der Waals surface area contributed by atoms with Crippen LogP contribution >= 0.6 is 23.2 Å². The van der Waals surface area contributed by atoms with Crippen molar-refractivity contribution in [1.29, 1.82) is 0 Å². The van der Waals surface area contributed by atoms with Gasteiger partial charge in [0.15, 0.2) is 0 Å². The molecule has 1 heterocycles. The van der Waals surface area contributed by atoms with E-state index >= 15 is 0 Å². The van der Waals surface area contributed by atoms with Crippen molar-refractivity contribution in [3.05, 3.63) is 57.8 Å². The molecule has 4 heteroatoms. The van der Waals surface area contributed by atoms with Crippen LogP contribution < -0.4 is 5.73 Å². The highest BCUT2D eigenvalue weighted by molar-refractivity contribution is 6.36. The summed E-state index contributed by atoms with van der Waals surface area (Å²) in [4.78, 5) is 4.03. The first-order valence-electron chi connectivity index (χ1n) is 4.79. The Hall–Kier alpha value is -1.25. The SMILES string of the molecule is Nc1ccncc1Cc1c(Cl)cccc1Cl. The van der Waals surface area contributed by atoms with Gasteiger partial charge in [-0.2, -0.15) is 0 Å². The number of anilines is 1. The van der Waals surface area contributed by atoms with E-state index in [2.05, 4.69) is 4.98 Å². The highest BCUT2D eigenvalue weighted by Gasteiger charge is 2.08. The van der Waals surface area contributed by atoms with Gasteiger partial charge in [0.2, 0.25) is 0 Å². The maximum absolute atomic E-state index is 6.09. The van der Waals surface area contributed by atoms with Gasteiger partial charge in [0.05, 0.1) is 0 Å². The van der Waals surface area contributed by atoms with Crippen LogP contribution in [-0.2, 0) is 6.42 Å². The number of hydrogen-bond donors (Lipinski definition) is 1. The third-order valence-corrected chi connectivity index (χ3v) is 3.08. The lowest BCUT2D eigenvalue weighted by Gasteiger charge is -2.08. The first kappa shape index (κ1) is 11.2. The number of halogens is 2. The number of pyridine rings is 1. The van der Waals surface area contributed by atoms with Gasteiger partial charge in [-0.25, -0.2) is 0 Å². The molecule has 0 aliphatic rings. The van der Waals surface area contributed by atoms with E-state index in [1.807, 2.05) is 18.2 Å². The number of nitrogen functional groups attached to an aromatic ring is 1. The van der Waals surface area contributed by atoms with Gasteiger partial charge in [0.25, 0.3) is 0 Å². The molecule has 0 saturated heterocycles. The molecule has 0 radical (unpaired) electrons. The second kappa shape index (κ2) is 4.73. The Bertz CT molecular complexity index is 492. The molecule has 0 aliphatic carbocycles. The van der Waals surface area contributed by atoms with E-state index in [1.165, 1.54) is 0 Å². The molecule has 0 spiro atoms. The minimum Gasteiger partial charge on any atom is -0.398 e. The number of benzene rings is 1. The van der Waals surface area contributed by atoms with Crippen molar-refractivity contribution in [2.24, 2.45) is 0 Å². The predicted molar refractivity (Wildman–Crippen MR) is 67.9 cm³/mol. The van der Waals surface area contributed by atoms with E-state index in [9.17, 15) is 0 Å². The largest absolute Gasteiger partial charge is 0.398 e. The second-order valence-corrected chi connectivity index (χ2v) is 4.27. The standard InChI is InChI=1S/C12H10Cl2N2/c13-10-2-1-3-11(14)9(10)6-8-7-16-5-4-12(8)15/h1-5,7H,6H2,(H2,15,16). The molecule has 1 aromatic heterocycles. The zero-order valence-corrected chi connectivity index (χ0v) is 9.96. The van der Waals surface area contributed by atoms with E-state index in [0.29, 0.717) is 22.2 Å². The quantitative estimate of drug-likeness (QED) is 0.888. The van der Waals surface area contributed by atoms with E-state index in [0.717, 1.165) is 11.1 Å². The third-order valence-electron chi connectivity index (χ3n) is 2.37. The van der Waals surface area contributed by atoms with Crippen LogP contribution in [0.25, 0.3) is 0 Å². The first-order valence-corrected chi connectivity index (χ1v) is 5.55. The van der Waals surface area contributed by atoms with Crippen LogP contribution in [0.4, 0.5) is 5.69 Å². The Morgan fingerprint density at radius 2 is 1.81 bits per heavy atom. The van der Waals surface area contributed by atoms with Crippen LogP contribution in [-0.4, -0.2) is 4.98 Å². The van der Waals surface area contributed by atoms with E-state index in [4.69, 9.17) is 28.9 Å². The molecule has 0 bridgehead atoms. The fraction of sp³-hybridized carbons (Fsp3) is 0.0833. The fourth-order valence-corrected chi connectivity index (χ4v) is 2.01. The van der Waals surface area contributed by atoms with Crippen LogP contribution in [0.2, 0.25) is 10.0 Å². The zero-order valence-electron chi connectivity index (χ0n) is 8.45. The Morgan fingerprint density at radius 1 is 1.12 bits per heavy atom. The van der Waals surface area contributed by atoms with E-state index < -0.39 is 0 Å². The van der Waals surface area contributed by atoms with Gasteiger partial charge in [-0.3, -0.25) is 4.98 Å². The average molecular weight is 253 g/mol. The lowest BCUT2D eigenvalue weighted by Crippen LogP contribution is -1.97. The second-order valence-electron chi connectivity index (χ2n) is 3.45. The minimum absolute atomic E-state index is 0.595. The number of rotatable bonds is 2. The first-order chi connectivity index (χ1) is 7.68. The smallest absolute Gasteiger partial charge is 0.0456 e. The van der Waals surface area contributed by atoms with Crippen molar-refractivity contribution >= 4 is 28.9 Å². The lowest BCUT2D eigenvalue weighted by atomic mass is 10.1. The molecule has 0 saturated carbocycles. The van der Waals surface area contributed by atoms with E-state index in [-0.39, 0.29) is 0 Å². The Labute approximate surface area is 104 Å². The molecular formula is C12H10Cl2N2. The van der Waals surface area contributed by atoms with E-state index in [1.54, 1.807) is 18.5 Å². The van der Waals surface area contributed by atoms with Gasteiger partial charge in [0, 0.05) is 34.5 Å². The maximum Gasteiger partial charge on any atom is 0.0456 e. The number of nitrogens with two attached hydrogens (primary N) is 1. The van der Waals surface area contributed by atoms with Gasteiger partial charge in [-0.05, 0) is 29.3 Å².